The van der Waals surface area contributed by atoms with Crippen LogP contribution in [0.5, 0.6) is 5.75 Å². The molecule has 19 heavy (non-hydrogen) atoms. The lowest BCUT2D eigenvalue weighted by atomic mass is 10.1. The SMILES string of the molecule is CC(=O)c1ccc(OCCC(=O)NC2CC2)c(F)c1. The third kappa shape index (κ3) is 4.05. The Balaban J connectivity index is 1.81. The molecule has 0 aliphatic heterocycles. The molecular weight excluding hydrogens is 249 g/mol. The third-order valence-electron chi connectivity index (χ3n) is 2.87. The fourth-order valence-electron chi connectivity index (χ4n) is 1.62. The van der Waals surface area contributed by atoms with E-state index in [1.165, 1.54) is 19.1 Å². The van der Waals surface area contributed by atoms with Crippen molar-refractivity contribution in [1.82, 2.24) is 5.32 Å². The van der Waals surface area contributed by atoms with Crippen molar-refractivity contribution in [1.29, 1.82) is 0 Å². The van der Waals surface area contributed by atoms with Gasteiger partial charge in [0, 0.05) is 11.6 Å². The van der Waals surface area contributed by atoms with Crippen LogP contribution in [0, 0.1) is 5.82 Å². The lowest BCUT2D eigenvalue weighted by Gasteiger charge is -2.08. The number of Topliss-reactive ketones (excluding diaryl/α,β-unsaturated/α-hetero) is 1. The molecule has 0 spiro atoms. The van der Waals surface area contributed by atoms with Gasteiger partial charge >= 0.3 is 0 Å². The number of ether oxygens (including phenoxy) is 1. The van der Waals surface area contributed by atoms with E-state index in [2.05, 4.69) is 5.32 Å². The quantitative estimate of drug-likeness (QED) is 0.801. The summed E-state index contributed by atoms with van der Waals surface area (Å²) in [5.41, 5.74) is 0.302. The van der Waals surface area contributed by atoms with Crippen molar-refractivity contribution in [3.8, 4) is 5.75 Å². The minimum atomic E-state index is -0.588. The van der Waals surface area contributed by atoms with Gasteiger partial charge in [-0.2, -0.15) is 0 Å². The van der Waals surface area contributed by atoms with Crippen molar-refractivity contribution in [2.24, 2.45) is 0 Å². The Morgan fingerprint density at radius 1 is 1.42 bits per heavy atom. The molecule has 0 aromatic heterocycles. The maximum Gasteiger partial charge on any atom is 0.223 e. The third-order valence-corrected chi connectivity index (χ3v) is 2.87. The maximum atomic E-state index is 13.6. The molecule has 0 saturated heterocycles. The highest BCUT2D eigenvalue weighted by molar-refractivity contribution is 5.94. The lowest BCUT2D eigenvalue weighted by molar-refractivity contribution is -0.121. The molecule has 2 rings (SSSR count). The Morgan fingerprint density at radius 2 is 2.16 bits per heavy atom. The second-order valence-electron chi connectivity index (χ2n) is 4.64. The smallest absolute Gasteiger partial charge is 0.223 e. The molecule has 1 aliphatic carbocycles. The summed E-state index contributed by atoms with van der Waals surface area (Å²) in [6.45, 7) is 1.49. The number of hydrogen-bond donors (Lipinski definition) is 1. The molecule has 0 radical (unpaired) electrons. The van der Waals surface area contributed by atoms with Gasteiger partial charge in [-0.1, -0.05) is 0 Å². The largest absolute Gasteiger partial charge is 0.490 e. The first-order chi connectivity index (χ1) is 9.06. The van der Waals surface area contributed by atoms with E-state index in [0.29, 0.717) is 11.6 Å². The van der Waals surface area contributed by atoms with Crippen LogP contribution in [0.15, 0.2) is 18.2 Å². The monoisotopic (exact) mass is 265 g/mol. The summed E-state index contributed by atoms with van der Waals surface area (Å²) in [5, 5.41) is 2.82. The molecule has 1 amide bonds. The van der Waals surface area contributed by atoms with Crippen molar-refractivity contribution in [2.75, 3.05) is 6.61 Å². The lowest BCUT2D eigenvalue weighted by Crippen LogP contribution is -2.26. The number of ketones is 1. The molecule has 4 nitrogen and oxygen atoms in total. The van der Waals surface area contributed by atoms with E-state index in [9.17, 15) is 14.0 Å². The van der Waals surface area contributed by atoms with Gasteiger partial charge < -0.3 is 10.1 Å². The van der Waals surface area contributed by atoms with E-state index < -0.39 is 5.82 Å². The number of carbonyl (C=O) groups is 2. The van der Waals surface area contributed by atoms with Crippen LogP contribution in [0.4, 0.5) is 4.39 Å². The first-order valence-electron chi connectivity index (χ1n) is 6.29. The molecule has 1 aromatic rings. The summed E-state index contributed by atoms with van der Waals surface area (Å²) in [5.74, 6) is -0.808. The minimum absolute atomic E-state index is 0.0595. The maximum absolute atomic E-state index is 13.6. The molecule has 102 valence electrons. The molecular formula is C14H16FNO3. The molecule has 5 heteroatoms. The van der Waals surface area contributed by atoms with Crippen molar-refractivity contribution < 1.29 is 18.7 Å². The van der Waals surface area contributed by atoms with Crippen LogP contribution in [0.2, 0.25) is 0 Å². The Morgan fingerprint density at radius 3 is 2.74 bits per heavy atom. The summed E-state index contributed by atoms with van der Waals surface area (Å²) >= 11 is 0. The zero-order valence-electron chi connectivity index (χ0n) is 10.7. The van der Waals surface area contributed by atoms with Crippen molar-refractivity contribution >= 4 is 11.7 Å². The van der Waals surface area contributed by atoms with Gasteiger partial charge in [-0.15, -0.1) is 0 Å². The number of rotatable bonds is 6. The summed E-state index contributed by atoms with van der Waals surface area (Å²) < 4.78 is 18.8. The summed E-state index contributed by atoms with van der Waals surface area (Å²) in [7, 11) is 0. The summed E-state index contributed by atoms with van der Waals surface area (Å²) in [6.07, 6.45) is 2.27. The van der Waals surface area contributed by atoms with Crippen LogP contribution in [-0.4, -0.2) is 24.3 Å². The van der Waals surface area contributed by atoms with Gasteiger partial charge in [0.15, 0.2) is 17.3 Å². The molecule has 0 heterocycles. The van der Waals surface area contributed by atoms with E-state index >= 15 is 0 Å². The number of carbonyl (C=O) groups excluding carboxylic acids is 2. The van der Waals surface area contributed by atoms with E-state index in [4.69, 9.17) is 4.74 Å². The van der Waals surface area contributed by atoms with Gasteiger partial charge in [-0.3, -0.25) is 9.59 Å². The molecule has 0 atom stereocenters. The number of halogens is 1. The van der Waals surface area contributed by atoms with Gasteiger partial charge in [0.25, 0.3) is 0 Å². The Hall–Kier alpha value is -1.91. The summed E-state index contributed by atoms with van der Waals surface area (Å²) in [4.78, 5) is 22.4. The number of nitrogens with one attached hydrogen (secondary N) is 1. The van der Waals surface area contributed by atoms with Crippen LogP contribution in [0.1, 0.15) is 36.5 Å². The average Bonchev–Trinajstić information content (AvgIpc) is 3.14. The number of hydrogen-bond acceptors (Lipinski definition) is 3. The highest BCUT2D eigenvalue weighted by atomic mass is 19.1. The zero-order chi connectivity index (χ0) is 13.8. The first-order valence-corrected chi connectivity index (χ1v) is 6.29. The number of amides is 1. The van der Waals surface area contributed by atoms with Crippen molar-refractivity contribution in [3.05, 3.63) is 29.6 Å². The van der Waals surface area contributed by atoms with Gasteiger partial charge in [0.1, 0.15) is 0 Å². The molecule has 1 saturated carbocycles. The molecule has 1 aromatic carbocycles. The predicted molar refractivity (Wildman–Crippen MR) is 67.7 cm³/mol. The van der Waals surface area contributed by atoms with E-state index in [1.54, 1.807) is 0 Å². The van der Waals surface area contributed by atoms with E-state index in [1.807, 2.05) is 0 Å². The Bertz CT molecular complexity index is 497. The van der Waals surface area contributed by atoms with Gasteiger partial charge in [-0.05, 0) is 38.0 Å². The average molecular weight is 265 g/mol. The molecule has 1 fully saturated rings. The zero-order valence-corrected chi connectivity index (χ0v) is 10.7. The van der Waals surface area contributed by atoms with Crippen LogP contribution in [0.25, 0.3) is 0 Å². The van der Waals surface area contributed by atoms with Gasteiger partial charge in [0.05, 0.1) is 13.0 Å². The van der Waals surface area contributed by atoms with Gasteiger partial charge in [-0.25, -0.2) is 4.39 Å². The molecule has 0 bridgehead atoms. The first kappa shape index (κ1) is 13.5. The Kier molecular flexibility index (Phi) is 4.14. The second-order valence-corrected chi connectivity index (χ2v) is 4.64. The van der Waals surface area contributed by atoms with Gasteiger partial charge in [0.2, 0.25) is 5.91 Å². The van der Waals surface area contributed by atoms with E-state index in [-0.39, 0.29) is 30.5 Å². The fraction of sp³-hybridized carbons (Fsp3) is 0.429. The molecule has 0 unspecified atom stereocenters. The van der Waals surface area contributed by atoms with Crippen molar-refractivity contribution in [3.63, 3.8) is 0 Å². The van der Waals surface area contributed by atoms with Crippen LogP contribution in [-0.2, 0) is 4.79 Å². The predicted octanol–water partition coefficient (Wildman–Crippen LogP) is 2.08. The van der Waals surface area contributed by atoms with E-state index in [0.717, 1.165) is 18.9 Å². The fourth-order valence-corrected chi connectivity index (χ4v) is 1.62. The van der Waals surface area contributed by atoms with Crippen LogP contribution >= 0.6 is 0 Å². The number of benzene rings is 1. The molecule has 1 N–H and O–H groups in total. The highest BCUT2D eigenvalue weighted by Crippen LogP contribution is 2.20. The molecule has 1 aliphatic rings. The van der Waals surface area contributed by atoms with Crippen molar-refractivity contribution in [2.45, 2.75) is 32.2 Å². The standard InChI is InChI=1S/C14H16FNO3/c1-9(17)10-2-5-13(12(15)8-10)19-7-6-14(18)16-11-3-4-11/h2,5,8,11H,3-4,6-7H2,1H3,(H,16,18). The highest BCUT2D eigenvalue weighted by Gasteiger charge is 2.22. The minimum Gasteiger partial charge on any atom is -0.490 e. The second kappa shape index (κ2) is 5.82. The summed E-state index contributed by atoms with van der Waals surface area (Å²) in [6, 6.07) is 4.37. The van der Waals surface area contributed by atoms with Crippen LogP contribution < -0.4 is 10.1 Å². The Labute approximate surface area is 110 Å². The normalized spacial score (nSPS) is 14.0. The topological polar surface area (TPSA) is 55.4 Å². The van der Waals surface area contributed by atoms with Crippen LogP contribution in [0.3, 0.4) is 0 Å².